The normalized spacial score (nSPS) is 15.8. The van der Waals surface area contributed by atoms with Gasteiger partial charge in [0, 0.05) is 30.6 Å². The molecule has 4 rings (SSSR count). The van der Waals surface area contributed by atoms with Gasteiger partial charge in [-0.15, -0.1) is 0 Å². The summed E-state index contributed by atoms with van der Waals surface area (Å²) in [4.78, 5) is 22.8. The van der Waals surface area contributed by atoms with Crippen molar-refractivity contribution in [3.8, 4) is 11.1 Å². The molecule has 1 aromatic heterocycles. The lowest BCUT2D eigenvalue weighted by molar-refractivity contribution is 0.0163. The molecule has 0 bridgehead atoms. The number of imidazole rings is 1. The molecule has 2 aromatic carbocycles. The fraction of sp³-hybridized carbons (Fsp3) is 0.462. The van der Waals surface area contributed by atoms with Crippen molar-refractivity contribution in [3.05, 3.63) is 54.4 Å². The molecule has 3 aromatic rings. The zero-order valence-corrected chi connectivity index (χ0v) is 19.9. The third-order valence-electron chi connectivity index (χ3n) is 5.86. The van der Waals surface area contributed by atoms with Crippen molar-refractivity contribution in [1.82, 2.24) is 14.9 Å². The number of rotatable bonds is 3. The number of H-pyrrole nitrogens is 1. The summed E-state index contributed by atoms with van der Waals surface area (Å²) in [6, 6.07) is 16.5. The van der Waals surface area contributed by atoms with Gasteiger partial charge >= 0.3 is 6.09 Å². The van der Waals surface area contributed by atoms with E-state index in [-0.39, 0.29) is 11.5 Å². The Morgan fingerprint density at radius 1 is 1.09 bits per heavy atom. The molecule has 3 N–H and O–H groups in total. The summed E-state index contributed by atoms with van der Waals surface area (Å²) in [6.07, 6.45) is 1.25. The molecule has 1 saturated heterocycles. The molecule has 172 valence electrons. The van der Waals surface area contributed by atoms with Crippen molar-refractivity contribution in [2.24, 2.45) is 5.73 Å². The third-order valence-corrected chi connectivity index (χ3v) is 5.86. The maximum atomic E-state index is 12.4. The van der Waals surface area contributed by atoms with Gasteiger partial charge in [-0.05, 0) is 45.2 Å². The largest absolute Gasteiger partial charge is 0.444 e. The zero-order chi connectivity index (χ0) is 23.4. The lowest BCUT2D eigenvalue weighted by atomic mass is 9.77. The van der Waals surface area contributed by atoms with Gasteiger partial charge in [-0.2, -0.15) is 0 Å². The van der Waals surface area contributed by atoms with Crippen LogP contribution in [0.3, 0.4) is 0 Å². The van der Waals surface area contributed by atoms with E-state index in [0.717, 1.165) is 40.8 Å². The van der Waals surface area contributed by atoms with Crippen LogP contribution in [0.4, 0.5) is 4.79 Å². The van der Waals surface area contributed by atoms with Crippen molar-refractivity contribution in [2.75, 3.05) is 19.6 Å². The van der Waals surface area contributed by atoms with Gasteiger partial charge in [0.2, 0.25) is 0 Å². The van der Waals surface area contributed by atoms with Crippen LogP contribution in [-0.4, -0.2) is 46.2 Å². The Hall–Kier alpha value is -2.86. The Labute approximate surface area is 191 Å². The molecule has 32 heavy (non-hydrogen) atoms. The lowest BCUT2D eigenvalue weighted by Gasteiger charge is -2.40. The van der Waals surface area contributed by atoms with Gasteiger partial charge < -0.3 is 20.4 Å². The third kappa shape index (κ3) is 4.96. The minimum absolute atomic E-state index is 0.260. The molecule has 0 aliphatic carbocycles. The Morgan fingerprint density at radius 2 is 1.75 bits per heavy atom. The Balaban J connectivity index is 0.00000141. The van der Waals surface area contributed by atoms with E-state index in [0.29, 0.717) is 19.6 Å². The number of fused-ring (bicyclic) bond motifs is 1. The number of ether oxygens (including phenoxy) is 1. The van der Waals surface area contributed by atoms with E-state index in [1.807, 2.05) is 58.9 Å². The smallest absolute Gasteiger partial charge is 0.410 e. The first kappa shape index (κ1) is 23.8. The number of carbonyl (C=O) groups is 1. The highest BCUT2D eigenvalue weighted by Gasteiger charge is 2.40. The van der Waals surface area contributed by atoms with Crippen LogP contribution in [0.2, 0.25) is 0 Å². The first-order valence-electron chi connectivity index (χ1n) is 11.5. The van der Waals surface area contributed by atoms with Gasteiger partial charge in [0.15, 0.2) is 0 Å². The monoisotopic (exact) mass is 436 g/mol. The van der Waals surface area contributed by atoms with E-state index in [1.165, 1.54) is 0 Å². The Bertz CT molecular complexity index is 1030. The molecule has 1 aliphatic heterocycles. The number of hydrogen-bond donors (Lipinski definition) is 2. The second kappa shape index (κ2) is 9.74. The van der Waals surface area contributed by atoms with E-state index in [4.69, 9.17) is 15.5 Å². The SMILES string of the molecule is CC.CC(C)(C)OC(=O)N1CCC(CN)(c2nc3c(-c4ccccc4)cccc3[nH]2)CC1. The predicted molar refractivity (Wildman–Crippen MR) is 131 cm³/mol. The van der Waals surface area contributed by atoms with Crippen molar-refractivity contribution in [3.63, 3.8) is 0 Å². The molecular weight excluding hydrogens is 400 g/mol. The van der Waals surface area contributed by atoms with Crippen molar-refractivity contribution < 1.29 is 9.53 Å². The molecule has 1 amide bonds. The van der Waals surface area contributed by atoms with Crippen LogP contribution < -0.4 is 5.73 Å². The average molecular weight is 437 g/mol. The number of nitrogens with zero attached hydrogens (tertiary/aromatic N) is 2. The topological polar surface area (TPSA) is 84.2 Å². The summed E-state index contributed by atoms with van der Waals surface area (Å²) in [7, 11) is 0. The minimum Gasteiger partial charge on any atom is -0.444 e. The molecule has 0 unspecified atom stereocenters. The van der Waals surface area contributed by atoms with E-state index in [1.54, 1.807) is 4.90 Å². The van der Waals surface area contributed by atoms with Gasteiger partial charge in [-0.3, -0.25) is 0 Å². The highest BCUT2D eigenvalue weighted by molar-refractivity contribution is 5.92. The van der Waals surface area contributed by atoms with Crippen molar-refractivity contribution >= 4 is 17.1 Å². The summed E-state index contributed by atoms with van der Waals surface area (Å²) in [5, 5.41) is 0. The van der Waals surface area contributed by atoms with Crippen LogP contribution in [0.25, 0.3) is 22.2 Å². The van der Waals surface area contributed by atoms with Gasteiger partial charge in [0.1, 0.15) is 11.4 Å². The molecule has 0 atom stereocenters. The highest BCUT2D eigenvalue weighted by Crippen LogP contribution is 2.36. The van der Waals surface area contributed by atoms with E-state index < -0.39 is 5.60 Å². The molecule has 1 aliphatic rings. The lowest BCUT2D eigenvalue weighted by Crippen LogP contribution is -2.50. The Morgan fingerprint density at radius 3 is 2.34 bits per heavy atom. The van der Waals surface area contributed by atoms with Crippen LogP contribution in [0.1, 0.15) is 53.3 Å². The van der Waals surface area contributed by atoms with Gasteiger partial charge in [-0.25, -0.2) is 9.78 Å². The zero-order valence-electron chi connectivity index (χ0n) is 19.9. The molecule has 0 saturated carbocycles. The first-order chi connectivity index (χ1) is 15.3. The number of carbonyl (C=O) groups excluding carboxylic acids is 1. The number of aromatic amines is 1. The second-order valence-corrected chi connectivity index (χ2v) is 9.11. The first-order valence-corrected chi connectivity index (χ1v) is 11.5. The van der Waals surface area contributed by atoms with Crippen LogP contribution in [0.5, 0.6) is 0 Å². The highest BCUT2D eigenvalue weighted by atomic mass is 16.6. The van der Waals surface area contributed by atoms with Crippen molar-refractivity contribution in [1.29, 1.82) is 0 Å². The second-order valence-electron chi connectivity index (χ2n) is 9.11. The number of nitrogens with one attached hydrogen (secondary N) is 1. The summed E-state index contributed by atoms with van der Waals surface area (Å²) >= 11 is 0. The summed E-state index contributed by atoms with van der Waals surface area (Å²) in [5.74, 6) is 0.909. The van der Waals surface area contributed by atoms with E-state index in [9.17, 15) is 4.79 Å². The van der Waals surface area contributed by atoms with E-state index >= 15 is 0 Å². The van der Waals surface area contributed by atoms with Gasteiger partial charge in [-0.1, -0.05) is 56.3 Å². The standard InChI is InChI=1S/C24H30N4O2.C2H6/c1-23(2,3)30-22(29)28-14-12-24(16-25,13-15-28)21-26-19-11-7-10-18(20(19)27-21)17-8-5-4-6-9-17;1-2/h4-11H,12-16,25H2,1-3H3,(H,26,27);1-2H3. The molecule has 0 radical (unpaired) electrons. The van der Waals surface area contributed by atoms with E-state index in [2.05, 4.69) is 29.2 Å². The Kier molecular flexibility index (Phi) is 7.24. The number of hydrogen-bond acceptors (Lipinski definition) is 4. The van der Waals surface area contributed by atoms with Crippen LogP contribution in [0.15, 0.2) is 48.5 Å². The van der Waals surface area contributed by atoms with Crippen LogP contribution in [0, 0.1) is 0 Å². The number of aromatic nitrogens is 2. The predicted octanol–water partition coefficient (Wildman–Crippen LogP) is 5.48. The molecule has 1 fully saturated rings. The fourth-order valence-corrected chi connectivity index (χ4v) is 4.12. The molecule has 6 heteroatoms. The van der Waals surface area contributed by atoms with Gasteiger partial charge in [0.25, 0.3) is 0 Å². The number of nitrogens with two attached hydrogens (primary N) is 1. The summed E-state index contributed by atoms with van der Waals surface area (Å²) < 4.78 is 5.53. The number of benzene rings is 2. The van der Waals surface area contributed by atoms with Gasteiger partial charge in [0.05, 0.1) is 11.0 Å². The van der Waals surface area contributed by atoms with Crippen molar-refractivity contribution in [2.45, 2.75) is 58.5 Å². The molecule has 0 spiro atoms. The minimum atomic E-state index is -0.494. The maximum absolute atomic E-state index is 12.4. The molecule has 6 nitrogen and oxygen atoms in total. The van der Waals surface area contributed by atoms with Crippen LogP contribution >= 0.6 is 0 Å². The summed E-state index contributed by atoms with van der Waals surface area (Å²) in [5.41, 5.74) is 9.72. The number of piperidine rings is 1. The van der Waals surface area contributed by atoms with Crippen LogP contribution in [-0.2, 0) is 10.2 Å². The summed E-state index contributed by atoms with van der Waals surface area (Å²) in [6.45, 7) is 11.4. The number of amides is 1. The number of likely N-dealkylation sites (tertiary alicyclic amines) is 1. The maximum Gasteiger partial charge on any atom is 0.410 e. The molecular formula is C26H36N4O2. The fourth-order valence-electron chi connectivity index (χ4n) is 4.12. The molecule has 2 heterocycles. The number of para-hydroxylation sites is 1. The quantitative estimate of drug-likeness (QED) is 0.569. The average Bonchev–Trinajstić information content (AvgIpc) is 3.25.